The molecule has 0 aromatic carbocycles. The van der Waals surface area contributed by atoms with E-state index in [0.717, 1.165) is 80.1 Å². The van der Waals surface area contributed by atoms with E-state index < -0.39 is 11.2 Å². The summed E-state index contributed by atoms with van der Waals surface area (Å²) in [5.41, 5.74) is 1.98. The topological polar surface area (TPSA) is 97.5 Å². The average molecular weight is 806 g/mol. The monoisotopic (exact) mass is 806 g/mol. The molecule has 16 atom stereocenters. The largest absolute Gasteiger partial charge is 0.390 e. The Labute approximate surface area is 355 Å². The van der Waals surface area contributed by atoms with E-state index in [1.807, 2.05) is 30.1 Å². The summed E-state index contributed by atoms with van der Waals surface area (Å²) in [5, 5.41) is 29.9. The predicted molar refractivity (Wildman–Crippen MR) is 232 cm³/mol. The number of ketones is 1. The highest BCUT2D eigenvalue weighted by molar-refractivity contribution is 5.82. The van der Waals surface area contributed by atoms with Gasteiger partial charge in [0.05, 0.1) is 37.1 Å². The van der Waals surface area contributed by atoms with Crippen LogP contribution < -0.4 is 0 Å². The van der Waals surface area contributed by atoms with Crippen LogP contribution in [0.2, 0.25) is 0 Å². The Bertz CT molecular complexity index is 1910. The van der Waals surface area contributed by atoms with E-state index >= 15 is 0 Å². The fraction of sp³-hybridized carbons (Fsp3) is 0.804. The molecule has 0 amide bonds. The maximum Gasteiger partial charge on any atom is 0.224 e. The summed E-state index contributed by atoms with van der Waals surface area (Å²) in [6.45, 7) is 24.5. The molecular formula is C51H75N5O3. The lowest BCUT2D eigenvalue weighted by molar-refractivity contribution is -0.151. The van der Waals surface area contributed by atoms with Crippen molar-refractivity contribution in [3.63, 3.8) is 0 Å². The van der Waals surface area contributed by atoms with E-state index in [-0.39, 0.29) is 11.3 Å². The zero-order valence-electron chi connectivity index (χ0n) is 37.1. The SMILES string of the molecule is C[C@@]1(O)CC[C@@]2(C)[C@@H](CC[C@@H]3[C@@H]2CC[C@]2(C)[C@@H](C(=O)Cn4cccn4)CC[C@@H]32)C1.[C-]#[N+]c1cnn(CC(=C)[C@H]2CC[C@H]3[C@@H]4CC[C@@H]5C[C@](C)(O)CC[C@@H]5[C@H]4CC[C@]23C)c1. The summed E-state index contributed by atoms with van der Waals surface area (Å²) in [5.74, 6) is 8.32. The van der Waals surface area contributed by atoms with Gasteiger partial charge in [0, 0.05) is 24.5 Å². The molecule has 10 rings (SSSR count). The molecule has 59 heavy (non-hydrogen) atoms. The van der Waals surface area contributed by atoms with Crippen LogP contribution in [0, 0.1) is 87.9 Å². The number of carbonyl (C=O) groups excluding carboxylic acids is 1. The van der Waals surface area contributed by atoms with Crippen molar-refractivity contribution in [3.05, 3.63) is 54.4 Å². The van der Waals surface area contributed by atoms with Crippen molar-refractivity contribution in [1.82, 2.24) is 19.6 Å². The van der Waals surface area contributed by atoms with Gasteiger partial charge in [0.25, 0.3) is 0 Å². The smallest absolute Gasteiger partial charge is 0.224 e. The molecular weight excluding hydrogens is 731 g/mol. The maximum absolute atomic E-state index is 13.2. The highest BCUT2D eigenvalue weighted by Gasteiger charge is 2.62. The van der Waals surface area contributed by atoms with Gasteiger partial charge in [-0.25, -0.2) is 4.85 Å². The molecule has 322 valence electrons. The Hall–Kier alpha value is -2.76. The molecule has 0 radical (unpaired) electrons. The van der Waals surface area contributed by atoms with Gasteiger partial charge in [-0.15, -0.1) is 0 Å². The third kappa shape index (κ3) is 7.32. The summed E-state index contributed by atoms with van der Waals surface area (Å²) in [4.78, 5) is 16.7. The van der Waals surface area contributed by atoms with Crippen molar-refractivity contribution in [2.75, 3.05) is 0 Å². The van der Waals surface area contributed by atoms with Crippen LogP contribution in [-0.4, -0.2) is 46.8 Å². The molecule has 8 aliphatic carbocycles. The molecule has 2 aromatic rings. The molecule has 8 saturated carbocycles. The van der Waals surface area contributed by atoms with Gasteiger partial charge in [-0.1, -0.05) is 32.9 Å². The third-order valence-electron chi connectivity index (χ3n) is 20.1. The molecule has 2 aromatic heterocycles. The summed E-state index contributed by atoms with van der Waals surface area (Å²) in [7, 11) is 0. The van der Waals surface area contributed by atoms with Gasteiger partial charge in [-0.05, 0) is 211 Å². The number of hydrogen-bond acceptors (Lipinski definition) is 5. The molecule has 2 heterocycles. The number of nitrogens with zero attached hydrogens (tertiary/aromatic N) is 5. The molecule has 8 fully saturated rings. The van der Waals surface area contributed by atoms with Crippen LogP contribution in [0.1, 0.15) is 150 Å². The number of allylic oxidation sites excluding steroid dienone is 1. The van der Waals surface area contributed by atoms with Crippen LogP contribution in [0.5, 0.6) is 0 Å². The molecule has 8 aliphatic rings. The highest BCUT2D eigenvalue weighted by atomic mass is 16.3. The van der Waals surface area contributed by atoms with Gasteiger partial charge in [0.2, 0.25) is 5.69 Å². The summed E-state index contributed by atoms with van der Waals surface area (Å²) in [6.07, 6.45) is 28.9. The van der Waals surface area contributed by atoms with Crippen molar-refractivity contribution in [1.29, 1.82) is 0 Å². The van der Waals surface area contributed by atoms with Gasteiger partial charge in [0.15, 0.2) is 5.78 Å². The van der Waals surface area contributed by atoms with E-state index in [9.17, 15) is 15.0 Å². The molecule has 0 unspecified atom stereocenters. The fourth-order valence-corrected chi connectivity index (χ4v) is 17.2. The number of aromatic nitrogens is 4. The third-order valence-corrected chi connectivity index (χ3v) is 20.1. The van der Waals surface area contributed by atoms with Crippen LogP contribution >= 0.6 is 0 Å². The van der Waals surface area contributed by atoms with E-state index in [1.165, 1.54) is 89.0 Å². The number of carbonyl (C=O) groups is 1. The lowest BCUT2D eigenvalue weighted by atomic mass is 9.44. The molecule has 0 saturated heterocycles. The van der Waals surface area contributed by atoms with Crippen LogP contribution in [0.25, 0.3) is 4.85 Å². The molecule has 8 heteroatoms. The van der Waals surface area contributed by atoms with Crippen LogP contribution in [0.4, 0.5) is 5.69 Å². The van der Waals surface area contributed by atoms with Gasteiger partial charge < -0.3 is 10.2 Å². The van der Waals surface area contributed by atoms with Crippen molar-refractivity contribution in [2.45, 2.75) is 174 Å². The number of fused-ring (bicyclic) bond motifs is 10. The number of Topliss-reactive ketones (excluding diaryl/α,β-unsaturated/α-hetero) is 1. The molecule has 0 spiro atoms. The normalized spacial score (nSPS) is 47.1. The lowest BCUT2D eigenvalue weighted by Gasteiger charge is -2.61. The number of hydrogen-bond donors (Lipinski definition) is 2. The lowest BCUT2D eigenvalue weighted by Crippen LogP contribution is -2.55. The van der Waals surface area contributed by atoms with E-state index in [0.29, 0.717) is 46.6 Å². The summed E-state index contributed by atoms with van der Waals surface area (Å²) in [6, 6.07) is 1.90. The zero-order chi connectivity index (χ0) is 41.5. The Morgan fingerprint density at radius 3 is 2.14 bits per heavy atom. The fourth-order valence-electron chi connectivity index (χ4n) is 17.2. The molecule has 8 nitrogen and oxygen atoms in total. The Morgan fingerprint density at radius 1 is 0.712 bits per heavy atom. The summed E-state index contributed by atoms with van der Waals surface area (Å²) >= 11 is 0. The van der Waals surface area contributed by atoms with Crippen LogP contribution in [-0.2, 0) is 17.9 Å². The van der Waals surface area contributed by atoms with Crippen molar-refractivity contribution in [3.8, 4) is 0 Å². The van der Waals surface area contributed by atoms with Gasteiger partial charge in [-0.2, -0.15) is 10.2 Å². The Balaban J connectivity index is 0.000000152. The number of aliphatic hydroxyl groups is 2. The predicted octanol–water partition coefficient (Wildman–Crippen LogP) is 10.9. The maximum atomic E-state index is 13.2. The Kier molecular flexibility index (Phi) is 10.7. The van der Waals surface area contributed by atoms with Gasteiger partial charge >= 0.3 is 0 Å². The zero-order valence-corrected chi connectivity index (χ0v) is 37.1. The van der Waals surface area contributed by atoms with E-state index in [2.05, 4.69) is 49.3 Å². The van der Waals surface area contributed by atoms with Gasteiger partial charge in [0.1, 0.15) is 0 Å². The second kappa shape index (κ2) is 15.2. The van der Waals surface area contributed by atoms with E-state index in [4.69, 9.17) is 6.57 Å². The first kappa shape index (κ1) is 41.6. The minimum atomic E-state index is -0.461. The molecule has 0 bridgehead atoms. The van der Waals surface area contributed by atoms with Crippen LogP contribution in [0.3, 0.4) is 0 Å². The molecule has 2 N–H and O–H groups in total. The first-order chi connectivity index (χ1) is 28.0. The molecule has 0 aliphatic heterocycles. The van der Waals surface area contributed by atoms with E-state index in [1.54, 1.807) is 17.1 Å². The van der Waals surface area contributed by atoms with Gasteiger partial charge in [-0.3, -0.25) is 14.2 Å². The minimum absolute atomic E-state index is 0.175. The second-order valence-corrected chi connectivity index (χ2v) is 23.2. The average Bonchev–Trinajstić information content (AvgIpc) is 4.01. The minimum Gasteiger partial charge on any atom is -0.390 e. The summed E-state index contributed by atoms with van der Waals surface area (Å²) < 4.78 is 3.70. The van der Waals surface area contributed by atoms with Crippen molar-refractivity contribution < 1.29 is 15.0 Å². The first-order valence-electron chi connectivity index (χ1n) is 24.1. The first-order valence-corrected chi connectivity index (χ1v) is 24.1. The standard InChI is InChI=1S/C26H37N3O.C25H38N2O2/c1-17(15-29-16-19(27-4)14-28-29)23-7-8-24-22-6-5-18-13-25(2,30)11-9-20(18)21(22)10-12-26(23,24)3;1-23(29)11-12-24(2)17(15-23)5-6-18-19-7-8-21(25(19,3)10-9-20(18)24)22(28)16-27-14-4-13-26-27/h14,16,18,20-24,30H,1,5-13,15H2,2-3H3;4,13-14,17-21,29H,5-12,15-16H2,1-3H3/t18-,20+,21-,22-,23-,24+,25-,26-;17-,18-,19-,20-,21+,23+,24-,25-/m10/s1. The second-order valence-electron chi connectivity index (χ2n) is 23.2. The number of rotatable bonds is 6. The van der Waals surface area contributed by atoms with Crippen LogP contribution in [0.15, 0.2) is 43.0 Å². The quantitative estimate of drug-likeness (QED) is 0.224. The van der Waals surface area contributed by atoms with Crippen molar-refractivity contribution >= 4 is 11.5 Å². The Morgan fingerprint density at radius 2 is 1.39 bits per heavy atom. The van der Waals surface area contributed by atoms with Crippen molar-refractivity contribution in [2.24, 2.45) is 81.3 Å². The highest BCUT2D eigenvalue weighted by Crippen LogP contribution is 2.69.